The molecule has 2 aromatic rings. The maximum absolute atomic E-state index is 6.00. The van der Waals surface area contributed by atoms with Gasteiger partial charge in [-0.15, -0.1) is 0 Å². The van der Waals surface area contributed by atoms with Crippen molar-refractivity contribution >= 4 is 11.6 Å². The van der Waals surface area contributed by atoms with Crippen molar-refractivity contribution < 1.29 is 4.74 Å². The van der Waals surface area contributed by atoms with Crippen LogP contribution in [0, 0.1) is 0 Å². The van der Waals surface area contributed by atoms with Gasteiger partial charge in [-0.3, -0.25) is 0 Å². The minimum atomic E-state index is 0.301. The van der Waals surface area contributed by atoms with Crippen LogP contribution in [0.4, 0.5) is 0 Å². The summed E-state index contributed by atoms with van der Waals surface area (Å²) in [6.45, 7) is 5.22. The Morgan fingerprint density at radius 1 is 1.10 bits per heavy atom. The van der Waals surface area contributed by atoms with E-state index in [0.29, 0.717) is 11.1 Å². The number of benzene rings is 2. The van der Waals surface area contributed by atoms with Crippen molar-refractivity contribution in [1.29, 1.82) is 0 Å². The van der Waals surface area contributed by atoms with Gasteiger partial charge in [0, 0.05) is 16.6 Å². The van der Waals surface area contributed by atoms with E-state index in [4.69, 9.17) is 16.3 Å². The van der Waals surface area contributed by atoms with E-state index >= 15 is 0 Å². The summed E-state index contributed by atoms with van der Waals surface area (Å²) in [6, 6.07) is 15.9. The molecule has 0 aliphatic rings. The van der Waals surface area contributed by atoms with Gasteiger partial charge in [-0.1, -0.05) is 49.7 Å². The number of para-hydroxylation sites is 1. The fourth-order valence-corrected chi connectivity index (χ4v) is 2.42. The van der Waals surface area contributed by atoms with Crippen molar-refractivity contribution in [3.63, 3.8) is 0 Å². The van der Waals surface area contributed by atoms with Crippen LogP contribution in [0.3, 0.4) is 0 Å². The van der Waals surface area contributed by atoms with Gasteiger partial charge in [-0.25, -0.2) is 0 Å². The largest absolute Gasteiger partial charge is 0.457 e. The van der Waals surface area contributed by atoms with Crippen molar-refractivity contribution in [2.45, 2.75) is 26.3 Å². The van der Waals surface area contributed by atoms with E-state index in [9.17, 15) is 0 Å². The first-order chi connectivity index (χ1) is 9.74. The Morgan fingerprint density at radius 3 is 2.60 bits per heavy atom. The molecule has 2 aromatic carbocycles. The molecule has 3 heteroatoms. The van der Waals surface area contributed by atoms with Gasteiger partial charge in [0.25, 0.3) is 0 Å². The highest BCUT2D eigenvalue weighted by Gasteiger charge is 2.13. The van der Waals surface area contributed by atoms with Gasteiger partial charge in [0.05, 0.1) is 0 Å². The van der Waals surface area contributed by atoms with Gasteiger partial charge >= 0.3 is 0 Å². The van der Waals surface area contributed by atoms with Crippen molar-refractivity contribution in [3.05, 3.63) is 59.1 Å². The minimum Gasteiger partial charge on any atom is -0.457 e. The molecule has 1 atom stereocenters. The molecule has 106 valence electrons. The fourth-order valence-electron chi connectivity index (χ4n) is 2.24. The maximum atomic E-state index is 6.00. The van der Waals surface area contributed by atoms with Crippen LogP contribution in [0.5, 0.6) is 11.5 Å². The smallest absolute Gasteiger partial charge is 0.132 e. The molecule has 20 heavy (non-hydrogen) atoms. The molecular weight excluding hydrogens is 270 g/mol. The van der Waals surface area contributed by atoms with Crippen LogP contribution in [0.1, 0.15) is 31.9 Å². The Morgan fingerprint density at radius 2 is 1.90 bits per heavy atom. The molecule has 0 amide bonds. The van der Waals surface area contributed by atoms with Crippen LogP contribution >= 0.6 is 11.6 Å². The summed E-state index contributed by atoms with van der Waals surface area (Å²) < 4.78 is 6.00. The maximum Gasteiger partial charge on any atom is 0.132 e. The molecule has 0 fully saturated rings. The van der Waals surface area contributed by atoms with Crippen molar-refractivity contribution in [3.8, 4) is 11.5 Å². The second-order valence-electron chi connectivity index (χ2n) is 4.62. The Bertz CT molecular complexity index is 556. The van der Waals surface area contributed by atoms with Crippen LogP contribution < -0.4 is 10.1 Å². The fraction of sp³-hybridized carbons (Fsp3) is 0.294. The molecule has 0 spiro atoms. The lowest BCUT2D eigenvalue weighted by atomic mass is 10.0. The molecule has 1 unspecified atom stereocenters. The SMILES string of the molecule is CCNC(CC)c1ccccc1Oc1cccc(Cl)c1. The van der Waals surface area contributed by atoms with E-state index in [1.54, 1.807) is 0 Å². The lowest BCUT2D eigenvalue weighted by Crippen LogP contribution is -2.20. The highest BCUT2D eigenvalue weighted by atomic mass is 35.5. The molecule has 0 aliphatic heterocycles. The molecule has 0 aliphatic carbocycles. The summed E-state index contributed by atoms with van der Waals surface area (Å²) in [7, 11) is 0. The van der Waals surface area contributed by atoms with Gasteiger partial charge in [-0.05, 0) is 37.2 Å². The summed E-state index contributed by atoms with van der Waals surface area (Å²) in [6.07, 6.45) is 1.02. The average Bonchev–Trinajstić information content (AvgIpc) is 2.46. The lowest BCUT2D eigenvalue weighted by molar-refractivity contribution is 0.453. The molecule has 0 radical (unpaired) electrons. The van der Waals surface area contributed by atoms with Crippen LogP contribution in [-0.2, 0) is 0 Å². The zero-order chi connectivity index (χ0) is 14.4. The average molecular weight is 290 g/mol. The van der Waals surface area contributed by atoms with Crippen LogP contribution in [0.2, 0.25) is 5.02 Å². The number of hydrogen-bond acceptors (Lipinski definition) is 2. The normalized spacial score (nSPS) is 12.2. The summed E-state index contributed by atoms with van der Waals surface area (Å²) in [5.74, 6) is 1.64. The predicted octanol–water partition coefficient (Wildman–Crippen LogP) is 5.19. The summed E-state index contributed by atoms with van der Waals surface area (Å²) >= 11 is 6.00. The van der Waals surface area contributed by atoms with Crippen LogP contribution in [0.25, 0.3) is 0 Å². The lowest BCUT2D eigenvalue weighted by Gasteiger charge is -2.20. The zero-order valence-electron chi connectivity index (χ0n) is 11.9. The molecule has 0 bridgehead atoms. The van der Waals surface area contributed by atoms with Gasteiger partial charge in [0.2, 0.25) is 0 Å². The topological polar surface area (TPSA) is 21.3 Å². The summed E-state index contributed by atoms with van der Waals surface area (Å²) in [4.78, 5) is 0. The van der Waals surface area contributed by atoms with Gasteiger partial charge in [0.1, 0.15) is 11.5 Å². The molecule has 1 N–H and O–H groups in total. The first kappa shape index (κ1) is 14.9. The first-order valence-corrected chi connectivity index (χ1v) is 7.38. The molecule has 2 nitrogen and oxygen atoms in total. The standard InChI is InChI=1S/C17H20ClNO/c1-3-16(19-4-2)15-10-5-6-11-17(15)20-14-9-7-8-13(18)12-14/h5-12,16,19H,3-4H2,1-2H3. The number of halogens is 1. The quantitative estimate of drug-likeness (QED) is 0.790. The Kier molecular flexibility index (Phi) is 5.45. The molecule has 0 saturated heterocycles. The van der Waals surface area contributed by atoms with Crippen molar-refractivity contribution in [2.24, 2.45) is 0 Å². The third-order valence-electron chi connectivity index (χ3n) is 3.18. The van der Waals surface area contributed by atoms with E-state index in [1.807, 2.05) is 42.5 Å². The second-order valence-corrected chi connectivity index (χ2v) is 5.05. The van der Waals surface area contributed by atoms with Gasteiger partial charge < -0.3 is 10.1 Å². The van der Waals surface area contributed by atoms with Crippen molar-refractivity contribution in [1.82, 2.24) is 5.32 Å². The van der Waals surface area contributed by atoms with Crippen molar-refractivity contribution in [2.75, 3.05) is 6.54 Å². The van der Waals surface area contributed by atoms with Gasteiger partial charge in [-0.2, -0.15) is 0 Å². The number of hydrogen-bond donors (Lipinski definition) is 1. The monoisotopic (exact) mass is 289 g/mol. The molecule has 0 aromatic heterocycles. The van der Waals surface area contributed by atoms with E-state index in [0.717, 1.165) is 24.5 Å². The van der Waals surface area contributed by atoms with E-state index < -0.39 is 0 Å². The van der Waals surface area contributed by atoms with Crippen LogP contribution in [-0.4, -0.2) is 6.54 Å². The van der Waals surface area contributed by atoms with Gasteiger partial charge in [0.15, 0.2) is 0 Å². The summed E-state index contributed by atoms with van der Waals surface area (Å²) in [5.41, 5.74) is 1.18. The van der Waals surface area contributed by atoms with E-state index in [2.05, 4.69) is 25.2 Å². The highest BCUT2D eigenvalue weighted by molar-refractivity contribution is 6.30. The molecule has 0 heterocycles. The molecule has 0 saturated carbocycles. The summed E-state index contributed by atoms with van der Waals surface area (Å²) in [5, 5.41) is 4.16. The Hall–Kier alpha value is -1.51. The second kappa shape index (κ2) is 7.32. The number of rotatable bonds is 6. The first-order valence-electron chi connectivity index (χ1n) is 7.00. The number of nitrogens with one attached hydrogen (secondary N) is 1. The Labute approximate surface area is 125 Å². The van der Waals surface area contributed by atoms with Crippen LogP contribution in [0.15, 0.2) is 48.5 Å². The highest BCUT2D eigenvalue weighted by Crippen LogP contribution is 2.31. The predicted molar refractivity (Wildman–Crippen MR) is 84.7 cm³/mol. The molecule has 2 rings (SSSR count). The molecular formula is C17H20ClNO. The third-order valence-corrected chi connectivity index (χ3v) is 3.41. The third kappa shape index (κ3) is 3.75. The Balaban J connectivity index is 2.27. The zero-order valence-corrected chi connectivity index (χ0v) is 12.7. The minimum absolute atomic E-state index is 0.301. The van der Waals surface area contributed by atoms with E-state index in [-0.39, 0.29) is 0 Å². The van der Waals surface area contributed by atoms with E-state index in [1.165, 1.54) is 5.56 Å². The number of ether oxygens (including phenoxy) is 1.